The van der Waals surface area contributed by atoms with Crippen molar-refractivity contribution in [1.82, 2.24) is 16.0 Å². The van der Waals surface area contributed by atoms with E-state index >= 15 is 0 Å². The quantitative estimate of drug-likeness (QED) is 0.404. The first kappa shape index (κ1) is 18.9. The zero-order chi connectivity index (χ0) is 17.4. The summed E-state index contributed by atoms with van der Waals surface area (Å²) in [6.45, 7) is 4.59. The van der Waals surface area contributed by atoms with Crippen LogP contribution in [0.5, 0.6) is 0 Å². The van der Waals surface area contributed by atoms with Crippen molar-refractivity contribution in [3.63, 3.8) is 0 Å². The number of quaternary nitrogens is 1. The summed E-state index contributed by atoms with van der Waals surface area (Å²) in [5.74, 6) is -1.31. The highest BCUT2D eigenvalue weighted by Crippen LogP contribution is 1.94. The van der Waals surface area contributed by atoms with Crippen molar-refractivity contribution in [2.75, 3.05) is 26.7 Å². The van der Waals surface area contributed by atoms with Gasteiger partial charge in [-0.15, -0.1) is 0 Å². The largest absolute Gasteiger partial charge is 0.469 e. The number of esters is 1. The molecule has 1 aliphatic rings. The molecule has 1 heterocycles. The second-order valence-corrected chi connectivity index (χ2v) is 5.54. The van der Waals surface area contributed by atoms with Crippen LogP contribution in [0.1, 0.15) is 26.7 Å². The molecule has 3 atom stereocenters. The average molecular weight is 329 g/mol. The molecule has 0 aliphatic carbocycles. The van der Waals surface area contributed by atoms with Crippen molar-refractivity contribution in [2.45, 2.75) is 38.8 Å². The Morgan fingerprint density at radius 2 is 2.13 bits per heavy atom. The number of amides is 4. The SMILES string of the molecule is CC[C@H](C)NC(=O)NC(=O)C[NH+]1CCNC(=O)[C@@H]1CC(=O)OC. The van der Waals surface area contributed by atoms with Gasteiger partial charge in [0.1, 0.15) is 6.42 Å². The van der Waals surface area contributed by atoms with Crippen LogP contribution in [0, 0.1) is 0 Å². The lowest BCUT2D eigenvalue weighted by atomic mass is 10.1. The van der Waals surface area contributed by atoms with Crippen LogP contribution in [0.4, 0.5) is 4.79 Å². The molecule has 1 saturated heterocycles. The van der Waals surface area contributed by atoms with E-state index in [9.17, 15) is 19.2 Å². The van der Waals surface area contributed by atoms with E-state index in [1.165, 1.54) is 7.11 Å². The molecule has 130 valence electrons. The van der Waals surface area contributed by atoms with Gasteiger partial charge in [0.15, 0.2) is 12.6 Å². The highest BCUT2D eigenvalue weighted by molar-refractivity contribution is 5.95. The Balaban J connectivity index is 2.57. The van der Waals surface area contributed by atoms with E-state index in [0.717, 1.165) is 6.42 Å². The first-order valence-corrected chi connectivity index (χ1v) is 7.66. The normalized spacial score (nSPS) is 21.8. The van der Waals surface area contributed by atoms with Crippen LogP contribution in [-0.4, -0.2) is 62.6 Å². The van der Waals surface area contributed by atoms with Gasteiger partial charge in [-0.05, 0) is 13.3 Å². The van der Waals surface area contributed by atoms with Crippen LogP contribution in [0.25, 0.3) is 0 Å². The molecular weight excluding hydrogens is 304 g/mol. The summed E-state index contributed by atoms with van der Waals surface area (Å²) >= 11 is 0. The third kappa shape index (κ3) is 6.23. The number of urea groups is 1. The molecule has 0 spiro atoms. The molecule has 1 unspecified atom stereocenters. The molecule has 0 radical (unpaired) electrons. The molecule has 0 aromatic heterocycles. The molecule has 0 saturated carbocycles. The van der Waals surface area contributed by atoms with Crippen LogP contribution in [0.2, 0.25) is 0 Å². The predicted molar refractivity (Wildman–Crippen MR) is 80.6 cm³/mol. The predicted octanol–water partition coefficient (Wildman–Crippen LogP) is -2.44. The van der Waals surface area contributed by atoms with Crippen LogP contribution >= 0.6 is 0 Å². The van der Waals surface area contributed by atoms with Crippen molar-refractivity contribution in [1.29, 1.82) is 0 Å². The molecule has 4 N–H and O–H groups in total. The summed E-state index contributed by atoms with van der Waals surface area (Å²) in [6.07, 6.45) is 0.643. The van der Waals surface area contributed by atoms with Gasteiger partial charge < -0.3 is 20.3 Å². The van der Waals surface area contributed by atoms with Gasteiger partial charge in [0.05, 0.1) is 20.2 Å². The van der Waals surface area contributed by atoms with Gasteiger partial charge in [-0.2, -0.15) is 0 Å². The molecule has 4 amide bonds. The second-order valence-electron chi connectivity index (χ2n) is 5.54. The zero-order valence-electron chi connectivity index (χ0n) is 13.7. The third-order valence-corrected chi connectivity index (χ3v) is 3.78. The zero-order valence-corrected chi connectivity index (χ0v) is 13.7. The Hall–Kier alpha value is -2.16. The number of carbonyl (C=O) groups is 4. The molecule has 9 heteroatoms. The average Bonchev–Trinajstić information content (AvgIpc) is 2.49. The van der Waals surface area contributed by atoms with E-state index in [-0.39, 0.29) is 24.9 Å². The minimum atomic E-state index is -0.695. The highest BCUT2D eigenvalue weighted by atomic mass is 16.5. The molecule has 1 fully saturated rings. The van der Waals surface area contributed by atoms with Crippen molar-refractivity contribution in [3.05, 3.63) is 0 Å². The number of ether oxygens (including phenoxy) is 1. The van der Waals surface area contributed by atoms with Crippen molar-refractivity contribution in [2.24, 2.45) is 0 Å². The summed E-state index contributed by atoms with van der Waals surface area (Å²) < 4.78 is 4.58. The van der Waals surface area contributed by atoms with Gasteiger partial charge in [-0.25, -0.2) is 4.79 Å². The lowest BCUT2D eigenvalue weighted by Crippen LogP contribution is -3.20. The van der Waals surface area contributed by atoms with E-state index < -0.39 is 23.9 Å². The Labute approximate surface area is 135 Å². The number of nitrogens with one attached hydrogen (secondary N) is 4. The van der Waals surface area contributed by atoms with E-state index in [4.69, 9.17) is 0 Å². The lowest BCUT2D eigenvalue weighted by molar-refractivity contribution is -0.909. The first-order valence-electron chi connectivity index (χ1n) is 7.66. The Bertz CT molecular complexity index is 468. The standard InChI is InChI=1S/C14H24N4O5/c1-4-9(2)16-14(22)17-11(19)8-18-6-5-15-13(21)10(18)7-12(20)23-3/h9-10H,4-8H2,1-3H3,(H,15,21)(H2,16,17,19,22)/p+1/t9-,10-/m0/s1. The maximum Gasteiger partial charge on any atom is 0.321 e. The first-order chi connectivity index (χ1) is 10.9. The summed E-state index contributed by atoms with van der Waals surface area (Å²) in [6, 6.07) is -1.29. The number of methoxy groups -OCH3 is 1. The van der Waals surface area contributed by atoms with Gasteiger partial charge in [0.2, 0.25) is 0 Å². The van der Waals surface area contributed by atoms with Crippen LogP contribution in [0.3, 0.4) is 0 Å². The van der Waals surface area contributed by atoms with Crippen LogP contribution < -0.4 is 20.9 Å². The minimum Gasteiger partial charge on any atom is -0.469 e. The maximum absolute atomic E-state index is 12.0. The second kappa shape index (κ2) is 9.09. The number of imide groups is 1. The van der Waals surface area contributed by atoms with Crippen molar-refractivity contribution < 1.29 is 28.8 Å². The highest BCUT2D eigenvalue weighted by Gasteiger charge is 2.37. The molecule has 0 aromatic rings. The van der Waals surface area contributed by atoms with Crippen molar-refractivity contribution >= 4 is 23.8 Å². The summed E-state index contributed by atoms with van der Waals surface area (Å²) in [4.78, 5) is 47.5. The van der Waals surface area contributed by atoms with E-state index in [2.05, 4.69) is 20.7 Å². The maximum atomic E-state index is 12.0. The number of rotatable bonds is 6. The molecule has 9 nitrogen and oxygen atoms in total. The molecule has 0 bridgehead atoms. The van der Waals surface area contributed by atoms with E-state index in [1.54, 1.807) is 0 Å². The fourth-order valence-electron chi connectivity index (χ4n) is 2.27. The summed E-state index contributed by atoms with van der Waals surface area (Å²) in [5, 5.41) is 7.52. The molecule has 1 rings (SSSR count). The van der Waals surface area contributed by atoms with Crippen LogP contribution in [0.15, 0.2) is 0 Å². The molecule has 23 heavy (non-hydrogen) atoms. The Morgan fingerprint density at radius 3 is 2.74 bits per heavy atom. The van der Waals surface area contributed by atoms with Gasteiger partial charge in [0, 0.05) is 6.04 Å². The fourth-order valence-corrected chi connectivity index (χ4v) is 2.27. The number of piperazine rings is 1. The van der Waals surface area contributed by atoms with Crippen molar-refractivity contribution in [3.8, 4) is 0 Å². The third-order valence-electron chi connectivity index (χ3n) is 3.78. The van der Waals surface area contributed by atoms with E-state index in [1.807, 2.05) is 13.8 Å². The number of hydrogen-bond donors (Lipinski definition) is 4. The van der Waals surface area contributed by atoms with E-state index in [0.29, 0.717) is 18.0 Å². The van der Waals surface area contributed by atoms with Gasteiger partial charge in [-0.1, -0.05) is 6.92 Å². The van der Waals surface area contributed by atoms with Crippen LogP contribution in [-0.2, 0) is 19.1 Å². The van der Waals surface area contributed by atoms with Gasteiger partial charge in [0.25, 0.3) is 11.8 Å². The minimum absolute atomic E-state index is 0.0389. The molecule has 0 aromatic carbocycles. The lowest BCUT2D eigenvalue weighted by Gasteiger charge is -2.30. The molecule has 1 aliphatic heterocycles. The fraction of sp³-hybridized carbons (Fsp3) is 0.714. The number of carbonyl (C=O) groups excluding carboxylic acids is 4. The monoisotopic (exact) mass is 329 g/mol. The van der Waals surface area contributed by atoms with Gasteiger partial charge >= 0.3 is 12.0 Å². The smallest absolute Gasteiger partial charge is 0.321 e. The Morgan fingerprint density at radius 1 is 1.43 bits per heavy atom. The topological polar surface area (TPSA) is 118 Å². The number of hydrogen-bond acceptors (Lipinski definition) is 5. The van der Waals surface area contributed by atoms with Gasteiger partial charge in [-0.3, -0.25) is 19.7 Å². The summed E-state index contributed by atoms with van der Waals surface area (Å²) in [5.41, 5.74) is 0. The Kier molecular flexibility index (Phi) is 7.46. The molecular formula is C14H25N4O5+. The summed E-state index contributed by atoms with van der Waals surface area (Å²) in [7, 11) is 1.24.